The summed E-state index contributed by atoms with van der Waals surface area (Å²) in [5, 5.41) is 7.87. The van der Waals surface area contributed by atoms with Gasteiger partial charge in [-0.3, -0.25) is 5.10 Å². The topological polar surface area (TPSA) is 28.7 Å². The van der Waals surface area contributed by atoms with Gasteiger partial charge in [-0.25, -0.2) is 0 Å². The molecule has 108 valence electrons. The number of hydrogen-bond donors (Lipinski definition) is 1. The summed E-state index contributed by atoms with van der Waals surface area (Å²) in [5.41, 5.74) is 7.49. The summed E-state index contributed by atoms with van der Waals surface area (Å²) in [5.74, 6) is 0. The van der Waals surface area contributed by atoms with Gasteiger partial charge in [0.2, 0.25) is 0 Å². The van der Waals surface area contributed by atoms with Crippen LogP contribution in [0.2, 0.25) is 0 Å². The van der Waals surface area contributed by atoms with Crippen LogP contribution in [-0.4, -0.2) is 10.2 Å². The van der Waals surface area contributed by atoms with Crippen LogP contribution in [0, 0.1) is 0 Å². The minimum atomic E-state index is 1.10. The van der Waals surface area contributed by atoms with Gasteiger partial charge in [-0.2, -0.15) is 5.10 Å². The Bertz CT molecular complexity index is 798. The molecule has 0 aliphatic heterocycles. The maximum Gasteiger partial charge on any atom is 0.0919 e. The number of H-pyrrole nitrogens is 1. The van der Waals surface area contributed by atoms with E-state index in [9.17, 15) is 0 Å². The molecule has 0 spiro atoms. The maximum atomic E-state index is 4.62. The molecule has 2 heteroatoms. The van der Waals surface area contributed by atoms with Gasteiger partial charge in [0.25, 0.3) is 0 Å². The number of fused-ring (bicyclic) bond motifs is 1. The number of hydrogen-bond acceptors (Lipinski definition) is 1. The van der Waals surface area contributed by atoms with Crippen LogP contribution in [0.1, 0.15) is 29.7 Å². The van der Waals surface area contributed by atoms with Crippen LogP contribution in [-0.2, 0) is 6.42 Å². The second-order valence-corrected chi connectivity index (χ2v) is 5.73. The summed E-state index contributed by atoms with van der Waals surface area (Å²) in [4.78, 5) is 0. The molecule has 1 heterocycles. The molecule has 0 bridgehead atoms. The molecule has 1 N–H and O–H groups in total. The Kier molecular flexibility index (Phi) is 3.36. The Hall–Kier alpha value is -2.61. The monoisotopic (exact) mass is 286 g/mol. The van der Waals surface area contributed by atoms with Gasteiger partial charge in [-0.15, -0.1) is 0 Å². The lowest BCUT2D eigenvalue weighted by atomic mass is 9.89. The quantitative estimate of drug-likeness (QED) is 0.709. The smallest absolute Gasteiger partial charge is 0.0919 e. The molecule has 3 aromatic rings. The number of nitrogens with zero attached hydrogens (tertiary/aromatic N) is 1. The van der Waals surface area contributed by atoms with Crippen LogP contribution < -0.4 is 0 Å². The number of benzene rings is 2. The van der Waals surface area contributed by atoms with Crippen molar-refractivity contribution in [2.75, 3.05) is 0 Å². The average molecular weight is 286 g/mol. The number of aromatic nitrogens is 2. The van der Waals surface area contributed by atoms with Crippen molar-refractivity contribution in [2.45, 2.75) is 19.3 Å². The van der Waals surface area contributed by atoms with Gasteiger partial charge in [-0.1, -0.05) is 60.7 Å². The first-order valence-corrected chi connectivity index (χ1v) is 7.80. The molecular weight excluding hydrogens is 268 g/mol. The van der Waals surface area contributed by atoms with E-state index < -0.39 is 0 Å². The third kappa shape index (κ3) is 2.37. The number of aromatic amines is 1. The zero-order chi connectivity index (χ0) is 14.8. The third-order valence-corrected chi connectivity index (χ3v) is 4.25. The summed E-state index contributed by atoms with van der Waals surface area (Å²) in [6, 6.07) is 21.0. The number of nitrogens with one attached hydrogen (secondary N) is 1. The van der Waals surface area contributed by atoms with Crippen LogP contribution >= 0.6 is 0 Å². The SMILES string of the molecule is C(=C1/CCCc2c1n[nH]c2-c1ccccc1)/c1ccccc1. The fraction of sp³-hybridized carbons (Fsp3) is 0.150. The molecular formula is C20H18N2. The Morgan fingerprint density at radius 2 is 1.59 bits per heavy atom. The highest BCUT2D eigenvalue weighted by Crippen LogP contribution is 2.36. The average Bonchev–Trinajstić information content (AvgIpc) is 3.02. The molecule has 0 fully saturated rings. The molecule has 0 atom stereocenters. The highest BCUT2D eigenvalue weighted by Gasteiger charge is 2.21. The molecule has 4 rings (SSSR count). The van der Waals surface area contributed by atoms with Crippen molar-refractivity contribution >= 4 is 11.6 Å². The Labute approximate surface area is 130 Å². The zero-order valence-corrected chi connectivity index (χ0v) is 12.4. The Balaban J connectivity index is 1.78. The molecule has 1 aliphatic rings. The summed E-state index contributed by atoms with van der Waals surface area (Å²) in [7, 11) is 0. The van der Waals surface area contributed by atoms with E-state index in [1.165, 1.54) is 34.4 Å². The lowest BCUT2D eigenvalue weighted by Gasteiger charge is -2.15. The van der Waals surface area contributed by atoms with Gasteiger partial charge >= 0.3 is 0 Å². The fourth-order valence-electron chi connectivity index (χ4n) is 3.18. The molecule has 0 saturated carbocycles. The highest BCUT2D eigenvalue weighted by molar-refractivity contribution is 5.84. The van der Waals surface area contributed by atoms with Gasteiger partial charge in [0, 0.05) is 5.56 Å². The van der Waals surface area contributed by atoms with Crippen LogP contribution in [0.3, 0.4) is 0 Å². The Morgan fingerprint density at radius 1 is 0.864 bits per heavy atom. The molecule has 1 aliphatic carbocycles. The molecule has 0 amide bonds. The Morgan fingerprint density at radius 3 is 2.36 bits per heavy atom. The van der Waals surface area contributed by atoms with Crippen LogP contribution in [0.15, 0.2) is 60.7 Å². The second kappa shape index (κ2) is 5.64. The summed E-state index contributed by atoms with van der Waals surface area (Å²) in [6.07, 6.45) is 5.65. The van der Waals surface area contributed by atoms with E-state index in [1.54, 1.807) is 0 Å². The van der Waals surface area contributed by atoms with Crippen molar-refractivity contribution in [3.8, 4) is 11.3 Å². The van der Waals surface area contributed by atoms with E-state index in [1.807, 2.05) is 6.07 Å². The zero-order valence-electron chi connectivity index (χ0n) is 12.4. The third-order valence-electron chi connectivity index (χ3n) is 4.25. The minimum absolute atomic E-state index is 1.10. The van der Waals surface area contributed by atoms with Crippen LogP contribution in [0.5, 0.6) is 0 Å². The first-order valence-electron chi connectivity index (χ1n) is 7.80. The van der Waals surface area contributed by atoms with Crippen LogP contribution in [0.4, 0.5) is 0 Å². The predicted molar refractivity (Wildman–Crippen MR) is 91.3 cm³/mol. The minimum Gasteiger partial charge on any atom is -0.277 e. The molecule has 22 heavy (non-hydrogen) atoms. The van der Waals surface area contributed by atoms with Crippen molar-refractivity contribution in [3.63, 3.8) is 0 Å². The lowest BCUT2D eigenvalue weighted by molar-refractivity contribution is 0.822. The van der Waals surface area contributed by atoms with Gasteiger partial charge < -0.3 is 0 Å². The van der Waals surface area contributed by atoms with E-state index in [4.69, 9.17) is 0 Å². The molecule has 1 aromatic heterocycles. The number of allylic oxidation sites excluding steroid dienone is 1. The predicted octanol–water partition coefficient (Wildman–Crippen LogP) is 4.95. The van der Waals surface area contributed by atoms with Crippen LogP contribution in [0.25, 0.3) is 22.9 Å². The van der Waals surface area contributed by atoms with E-state index >= 15 is 0 Å². The van der Waals surface area contributed by atoms with Gasteiger partial charge in [-0.05, 0) is 42.0 Å². The number of rotatable bonds is 2. The van der Waals surface area contributed by atoms with Crippen molar-refractivity contribution in [2.24, 2.45) is 0 Å². The first-order chi connectivity index (χ1) is 10.9. The molecule has 2 aromatic carbocycles. The normalized spacial score (nSPS) is 15.7. The molecule has 0 saturated heterocycles. The lowest BCUT2D eigenvalue weighted by Crippen LogP contribution is -2.01. The fourth-order valence-corrected chi connectivity index (χ4v) is 3.18. The van der Waals surface area contributed by atoms with Crippen molar-refractivity contribution in [3.05, 3.63) is 77.5 Å². The van der Waals surface area contributed by atoms with Gasteiger partial charge in [0.05, 0.1) is 11.4 Å². The summed E-state index contributed by atoms with van der Waals surface area (Å²) >= 11 is 0. The van der Waals surface area contributed by atoms with Crippen molar-refractivity contribution in [1.29, 1.82) is 0 Å². The molecule has 2 nitrogen and oxygen atoms in total. The highest BCUT2D eigenvalue weighted by atomic mass is 15.1. The van der Waals surface area contributed by atoms with Crippen molar-refractivity contribution < 1.29 is 0 Å². The van der Waals surface area contributed by atoms with Gasteiger partial charge in [0.1, 0.15) is 0 Å². The van der Waals surface area contributed by atoms with E-state index in [0.29, 0.717) is 0 Å². The van der Waals surface area contributed by atoms with E-state index in [2.05, 4.69) is 70.9 Å². The second-order valence-electron chi connectivity index (χ2n) is 5.73. The summed E-state index contributed by atoms with van der Waals surface area (Å²) < 4.78 is 0. The van der Waals surface area contributed by atoms with Gasteiger partial charge in [0.15, 0.2) is 0 Å². The van der Waals surface area contributed by atoms with E-state index in [-0.39, 0.29) is 0 Å². The molecule has 0 unspecified atom stereocenters. The summed E-state index contributed by atoms with van der Waals surface area (Å²) in [6.45, 7) is 0. The van der Waals surface area contributed by atoms with E-state index in [0.717, 1.165) is 18.5 Å². The van der Waals surface area contributed by atoms with Crippen molar-refractivity contribution in [1.82, 2.24) is 10.2 Å². The molecule has 0 radical (unpaired) electrons. The largest absolute Gasteiger partial charge is 0.277 e. The maximum absolute atomic E-state index is 4.62. The first kappa shape index (κ1) is 13.1. The standard InChI is InChI=1S/C20H18N2/c1-3-8-15(9-4-1)14-17-12-7-13-18-19(21-22-20(17)18)16-10-5-2-6-11-16/h1-6,8-11,14H,7,12-13H2,(H,21,22)/b17-14+.